The Kier molecular flexibility index (Phi) is 5.25. The summed E-state index contributed by atoms with van der Waals surface area (Å²) in [6, 6.07) is 1.41. The molecule has 2 nitrogen and oxygen atoms in total. The summed E-state index contributed by atoms with van der Waals surface area (Å²) in [5.41, 5.74) is 0.651. The van der Waals surface area contributed by atoms with Gasteiger partial charge in [0.1, 0.15) is 0 Å². The molecule has 0 aliphatic carbocycles. The van der Waals surface area contributed by atoms with Crippen LogP contribution in [0.2, 0.25) is 0 Å². The molecule has 0 aromatic heterocycles. The first-order chi connectivity index (χ1) is 8.09. The maximum Gasteiger partial charge on any atom is 0.0132 e. The van der Waals surface area contributed by atoms with Gasteiger partial charge in [0.25, 0.3) is 0 Å². The third kappa shape index (κ3) is 5.71. The van der Waals surface area contributed by atoms with Gasteiger partial charge >= 0.3 is 0 Å². The molecule has 0 spiro atoms. The van der Waals surface area contributed by atoms with Gasteiger partial charge in [0, 0.05) is 17.6 Å². The molecule has 18 heavy (non-hydrogen) atoms. The number of likely N-dealkylation sites (tertiary alicyclic amines) is 1. The Labute approximate surface area is 115 Å². The Bertz CT molecular complexity index is 242. The lowest BCUT2D eigenvalue weighted by molar-refractivity contribution is 0.136. The van der Waals surface area contributed by atoms with Crippen molar-refractivity contribution >= 4 is 0 Å². The molecule has 2 heteroatoms. The summed E-state index contributed by atoms with van der Waals surface area (Å²) in [5, 5.41) is 3.88. The van der Waals surface area contributed by atoms with Crippen LogP contribution in [0.4, 0.5) is 0 Å². The molecule has 1 fully saturated rings. The van der Waals surface area contributed by atoms with E-state index in [0.29, 0.717) is 17.5 Å². The van der Waals surface area contributed by atoms with Gasteiger partial charge in [-0.05, 0) is 65.5 Å². The fraction of sp³-hybridized carbons (Fsp3) is 1.00. The smallest absolute Gasteiger partial charge is 0.0132 e. The minimum atomic E-state index is 0.253. The van der Waals surface area contributed by atoms with E-state index >= 15 is 0 Å². The third-order valence-electron chi connectivity index (χ3n) is 3.83. The van der Waals surface area contributed by atoms with Gasteiger partial charge in [-0.25, -0.2) is 0 Å². The Morgan fingerprint density at radius 3 is 1.94 bits per heavy atom. The van der Waals surface area contributed by atoms with Gasteiger partial charge in [0.15, 0.2) is 0 Å². The molecule has 0 aromatic rings. The summed E-state index contributed by atoms with van der Waals surface area (Å²) in [6.45, 7) is 18.8. The highest BCUT2D eigenvalue weighted by Gasteiger charge is 2.29. The molecular weight excluding hydrogens is 220 g/mol. The average molecular weight is 254 g/mol. The number of piperidine rings is 1. The molecule has 1 aliphatic rings. The van der Waals surface area contributed by atoms with E-state index in [1.54, 1.807) is 0 Å². The van der Waals surface area contributed by atoms with Crippen molar-refractivity contribution in [2.75, 3.05) is 13.1 Å². The second kappa shape index (κ2) is 5.92. The highest BCUT2D eigenvalue weighted by molar-refractivity contribution is 4.89. The zero-order valence-electron chi connectivity index (χ0n) is 13.6. The number of rotatable bonds is 4. The molecule has 0 aromatic carbocycles. The molecule has 0 radical (unpaired) electrons. The van der Waals surface area contributed by atoms with Gasteiger partial charge in [-0.3, -0.25) is 0 Å². The van der Waals surface area contributed by atoms with Gasteiger partial charge in [0.2, 0.25) is 0 Å². The molecule has 1 saturated heterocycles. The molecule has 1 heterocycles. The zero-order valence-corrected chi connectivity index (χ0v) is 13.6. The molecule has 108 valence electrons. The molecule has 1 rings (SSSR count). The Hall–Kier alpha value is -0.0800. The van der Waals surface area contributed by atoms with Gasteiger partial charge in [-0.15, -0.1) is 0 Å². The van der Waals surface area contributed by atoms with Crippen LogP contribution in [0.3, 0.4) is 0 Å². The monoisotopic (exact) mass is 254 g/mol. The molecule has 0 atom stereocenters. The van der Waals surface area contributed by atoms with Crippen molar-refractivity contribution in [1.29, 1.82) is 0 Å². The molecule has 0 unspecified atom stereocenters. The lowest BCUT2D eigenvalue weighted by atomic mass is 9.81. The minimum absolute atomic E-state index is 0.253. The number of nitrogens with zero attached hydrogens (tertiary/aromatic N) is 1. The van der Waals surface area contributed by atoms with Gasteiger partial charge in [-0.2, -0.15) is 0 Å². The number of hydrogen-bond donors (Lipinski definition) is 1. The van der Waals surface area contributed by atoms with Crippen molar-refractivity contribution in [3.05, 3.63) is 0 Å². The standard InChI is InChI=1S/C16H34N2/c1-13(2)18-10-8-14(9-11-18)17-16(6,7)12-15(3,4)5/h13-14,17H,8-12H2,1-7H3. The molecule has 0 amide bonds. The second-order valence-corrected chi connectivity index (χ2v) is 8.17. The predicted molar refractivity (Wildman–Crippen MR) is 81.0 cm³/mol. The second-order valence-electron chi connectivity index (χ2n) is 8.17. The number of nitrogens with one attached hydrogen (secondary N) is 1. The summed E-state index contributed by atoms with van der Waals surface area (Å²) in [4.78, 5) is 2.59. The largest absolute Gasteiger partial charge is 0.309 e. The maximum atomic E-state index is 3.88. The van der Waals surface area contributed by atoms with Crippen LogP contribution in [-0.2, 0) is 0 Å². The molecule has 1 N–H and O–H groups in total. The summed E-state index contributed by atoms with van der Waals surface area (Å²) < 4.78 is 0. The zero-order chi connectivity index (χ0) is 14.0. The summed E-state index contributed by atoms with van der Waals surface area (Å²) in [6.07, 6.45) is 3.82. The van der Waals surface area contributed by atoms with E-state index in [4.69, 9.17) is 0 Å². The average Bonchev–Trinajstić information content (AvgIpc) is 2.13. The summed E-state index contributed by atoms with van der Waals surface area (Å²) >= 11 is 0. The predicted octanol–water partition coefficient (Wildman–Crippen LogP) is 3.66. The van der Waals surface area contributed by atoms with Crippen LogP contribution in [0.25, 0.3) is 0 Å². The van der Waals surface area contributed by atoms with Crippen molar-refractivity contribution in [2.45, 2.75) is 85.4 Å². The third-order valence-corrected chi connectivity index (χ3v) is 3.83. The lowest BCUT2D eigenvalue weighted by Crippen LogP contribution is -2.52. The van der Waals surface area contributed by atoms with Crippen molar-refractivity contribution < 1.29 is 0 Å². The maximum absolute atomic E-state index is 3.88. The van der Waals surface area contributed by atoms with E-state index in [9.17, 15) is 0 Å². The fourth-order valence-corrected chi connectivity index (χ4v) is 3.49. The molecule has 1 aliphatic heterocycles. The van der Waals surface area contributed by atoms with E-state index in [-0.39, 0.29) is 5.54 Å². The first-order valence-corrected chi connectivity index (χ1v) is 7.61. The Morgan fingerprint density at radius 2 is 1.56 bits per heavy atom. The molecular formula is C16H34N2. The quantitative estimate of drug-likeness (QED) is 0.823. The fourth-order valence-electron chi connectivity index (χ4n) is 3.49. The van der Waals surface area contributed by atoms with Gasteiger partial charge in [0.05, 0.1) is 0 Å². The molecule has 0 saturated carbocycles. The van der Waals surface area contributed by atoms with E-state index in [2.05, 4.69) is 58.7 Å². The Morgan fingerprint density at radius 1 is 1.06 bits per heavy atom. The van der Waals surface area contributed by atoms with Crippen molar-refractivity contribution in [3.8, 4) is 0 Å². The van der Waals surface area contributed by atoms with Crippen LogP contribution in [0, 0.1) is 5.41 Å². The van der Waals surface area contributed by atoms with Crippen molar-refractivity contribution in [2.24, 2.45) is 5.41 Å². The minimum Gasteiger partial charge on any atom is -0.309 e. The van der Waals surface area contributed by atoms with E-state index in [1.807, 2.05) is 0 Å². The van der Waals surface area contributed by atoms with E-state index in [1.165, 1.54) is 32.4 Å². The molecule has 0 bridgehead atoms. The van der Waals surface area contributed by atoms with Crippen molar-refractivity contribution in [3.63, 3.8) is 0 Å². The van der Waals surface area contributed by atoms with Crippen LogP contribution < -0.4 is 5.32 Å². The highest BCUT2D eigenvalue weighted by Crippen LogP contribution is 2.28. The van der Waals surface area contributed by atoms with Gasteiger partial charge < -0.3 is 10.2 Å². The van der Waals surface area contributed by atoms with Crippen LogP contribution in [0.1, 0.15) is 67.7 Å². The summed E-state index contributed by atoms with van der Waals surface area (Å²) in [5.74, 6) is 0. The van der Waals surface area contributed by atoms with Gasteiger partial charge in [-0.1, -0.05) is 20.8 Å². The van der Waals surface area contributed by atoms with E-state index < -0.39 is 0 Å². The topological polar surface area (TPSA) is 15.3 Å². The summed E-state index contributed by atoms with van der Waals surface area (Å²) in [7, 11) is 0. The first kappa shape index (κ1) is 16.0. The van der Waals surface area contributed by atoms with E-state index in [0.717, 1.165) is 0 Å². The highest BCUT2D eigenvalue weighted by atomic mass is 15.2. The normalized spacial score (nSPS) is 20.7. The lowest BCUT2D eigenvalue weighted by Gasteiger charge is -2.41. The van der Waals surface area contributed by atoms with Crippen LogP contribution in [-0.4, -0.2) is 35.6 Å². The number of hydrogen-bond acceptors (Lipinski definition) is 2. The first-order valence-electron chi connectivity index (χ1n) is 7.61. The van der Waals surface area contributed by atoms with Crippen LogP contribution >= 0.6 is 0 Å². The SMILES string of the molecule is CC(C)N1CCC(NC(C)(C)CC(C)(C)C)CC1. The van der Waals surface area contributed by atoms with Crippen LogP contribution in [0.15, 0.2) is 0 Å². The Balaban J connectivity index is 2.40. The van der Waals surface area contributed by atoms with Crippen LogP contribution in [0.5, 0.6) is 0 Å². The van der Waals surface area contributed by atoms with Crippen molar-refractivity contribution in [1.82, 2.24) is 10.2 Å².